The topological polar surface area (TPSA) is 70.7 Å². The minimum Gasteiger partial charge on any atom is -0.496 e. The molecule has 0 bridgehead atoms. The molecule has 6 heteroatoms. The van der Waals surface area contributed by atoms with E-state index in [9.17, 15) is 9.59 Å². The summed E-state index contributed by atoms with van der Waals surface area (Å²) >= 11 is 0. The van der Waals surface area contributed by atoms with Gasteiger partial charge in [-0.1, -0.05) is 31.5 Å². The molecule has 2 N–H and O–H groups in total. The van der Waals surface area contributed by atoms with Gasteiger partial charge < -0.3 is 20.3 Å². The van der Waals surface area contributed by atoms with Crippen LogP contribution in [0.5, 0.6) is 5.75 Å². The zero-order chi connectivity index (χ0) is 17.1. The Balaban J connectivity index is 1.62. The van der Waals surface area contributed by atoms with Crippen LogP contribution in [0.1, 0.15) is 31.7 Å². The molecular weight excluding hydrogens is 306 g/mol. The third-order valence-electron chi connectivity index (χ3n) is 4.85. The Bertz CT molecular complexity index is 619. The number of amides is 2. The number of nitrogens with zero attached hydrogens (tertiary/aromatic N) is 1. The number of fused-ring (bicyclic) bond motifs is 1. The van der Waals surface area contributed by atoms with Crippen molar-refractivity contribution in [3.05, 3.63) is 29.8 Å². The quantitative estimate of drug-likeness (QED) is 0.817. The van der Waals surface area contributed by atoms with E-state index in [2.05, 4.69) is 10.6 Å². The van der Waals surface area contributed by atoms with Gasteiger partial charge in [0.25, 0.3) is 0 Å². The molecule has 130 valence electrons. The van der Waals surface area contributed by atoms with Crippen molar-refractivity contribution < 1.29 is 14.3 Å². The lowest BCUT2D eigenvalue weighted by molar-refractivity contribution is -0.147. The highest BCUT2D eigenvalue weighted by Crippen LogP contribution is 2.25. The van der Waals surface area contributed by atoms with Crippen LogP contribution in [0.25, 0.3) is 0 Å². The maximum Gasteiger partial charge on any atom is 0.245 e. The molecule has 2 saturated heterocycles. The molecule has 3 atom stereocenters. The standard InChI is InChI=1S/C18H25N3O3/c1-3-6-14-18(23)21-11-13(9-15(21)17(22)20-14)19-10-12-7-4-5-8-16(12)24-2/h4-5,7-8,13-15,19H,3,6,9-11H2,1-2H3,(H,20,22)/t13-,14-,15-/m0/s1. The monoisotopic (exact) mass is 331 g/mol. The summed E-state index contributed by atoms with van der Waals surface area (Å²) in [6, 6.07) is 7.30. The number of benzene rings is 1. The summed E-state index contributed by atoms with van der Waals surface area (Å²) in [6.07, 6.45) is 2.24. The number of rotatable bonds is 6. The normalized spacial score (nSPS) is 26.2. The van der Waals surface area contributed by atoms with Gasteiger partial charge in [-0.05, 0) is 18.9 Å². The summed E-state index contributed by atoms with van der Waals surface area (Å²) < 4.78 is 5.36. The van der Waals surface area contributed by atoms with Gasteiger partial charge >= 0.3 is 0 Å². The van der Waals surface area contributed by atoms with Gasteiger partial charge in [-0.15, -0.1) is 0 Å². The first-order valence-electron chi connectivity index (χ1n) is 8.60. The molecule has 0 aliphatic carbocycles. The summed E-state index contributed by atoms with van der Waals surface area (Å²) in [4.78, 5) is 26.5. The van der Waals surface area contributed by atoms with E-state index in [-0.39, 0.29) is 29.9 Å². The lowest BCUT2D eigenvalue weighted by atomic mass is 10.0. The van der Waals surface area contributed by atoms with Crippen molar-refractivity contribution in [3.8, 4) is 5.75 Å². The van der Waals surface area contributed by atoms with Crippen molar-refractivity contribution in [3.63, 3.8) is 0 Å². The number of ether oxygens (including phenoxy) is 1. The van der Waals surface area contributed by atoms with Crippen LogP contribution >= 0.6 is 0 Å². The molecular formula is C18H25N3O3. The van der Waals surface area contributed by atoms with E-state index in [1.54, 1.807) is 12.0 Å². The van der Waals surface area contributed by atoms with E-state index in [1.807, 2.05) is 31.2 Å². The molecule has 2 aliphatic heterocycles. The Morgan fingerprint density at radius 1 is 1.33 bits per heavy atom. The fourth-order valence-corrected chi connectivity index (χ4v) is 3.59. The summed E-state index contributed by atoms with van der Waals surface area (Å²) in [5, 5.41) is 6.34. The molecule has 2 fully saturated rings. The molecule has 0 aromatic heterocycles. The number of para-hydroxylation sites is 1. The molecule has 1 aromatic carbocycles. The smallest absolute Gasteiger partial charge is 0.245 e. The second-order valence-electron chi connectivity index (χ2n) is 6.48. The predicted octanol–water partition coefficient (Wildman–Crippen LogP) is 1.05. The number of hydrogen-bond acceptors (Lipinski definition) is 4. The molecule has 1 aromatic rings. The van der Waals surface area contributed by atoms with E-state index in [0.717, 1.165) is 17.7 Å². The van der Waals surface area contributed by atoms with Crippen molar-refractivity contribution in [1.82, 2.24) is 15.5 Å². The molecule has 0 saturated carbocycles. The SMILES string of the molecule is CCC[C@@H]1NC(=O)[C@@H]2C[C@H](NCc3ccccc3OC)CN2C1=O. The third kappa shape index (κ3) is 3.24. The average molecular weight is 331 g/mol. The Kier molecular flexibility index (Phi) is 5.04. The molecule has 24 heavy (non-hydrogen) atoms. The van der Waals surface area contributed by atoms with E-state index >= 15 is 0 Å². The molecule has 3 rings (SSSR count). The molecule has 2 aliphatic rings. The second kappa shape index (κ2) is 7.21. The van der Waals surface area contributed by atoms with Crippen LogP contribution < -0.4 is 15.4 Å². The van der Waals surface area contributed by atoms with Crippen LogP contribution in [0, 0.1) is 0 Å². The first-order chi connectivity index (χ1) is 11.6. The zero-order valence-corrected chi connectivity index (χ0v) is 14.2. The summed E-state index contributed by atoms with van der Waals surface area (Å²) in [5.41, 5.74) is 1.07. The van der Waals surface area contributed by atoms with E-state index in [4.69, 9.17) is 4.74 Å². The summed E-state index contributed by atoms with van der Waals surface area (Å²) in [6.45, 7) is 3.27. The highest BCUT2D eigenvalue weighted by molar-refractivity contribution is 5.97. The molecule has 0 spiro atoms. The van der Waals surface area contributed by atoms with E-state index in [1.165, 1.54) is 0 Å². The fourth-order valence-electron chi connectivity index (χ4n) is 3.59. The van der Waals surface area contributed by atoms with Gasteiger partial charge in [0, 0.05) is 24.7 Å². The van der Waals surface area contributed by atoms with Gasteiger partial charge in [-0.25, -0.2) is 0 Å². The molecule has 0 unspecified atom stereocenters. The Hall–Kier alpha value is -2.08. The minimum atomic E-state index is -0.355. The van der Waals surface area contributed by atoms with Gasteiger partial charge in [0.2, 0.25) is 11.8 Å². The van der Waals surface area contributed by atoms with Crippen LogP contribution in [0.15, 0.2) is 24.3 Å². The largest absolute Gasteiger partial charge is 0.496 e. The highest BCUT2D eigenvalue weighted by atomic mass is 16.5. The van der Waals surface area contributed by atoms with Gasteiger partial charge in [-0.2, -0.15) is 0 Å². The minimum absolute atomic E-state index is 0.0189. The second-order valence-corrected chi connectivity index (χ2v) is 6.48. The summed E-state index contributed by atoms with van der Waals surface area (Å²) in [5.74, 6) is 0.884. The van der Waals surface area contributed by atoms with Crippen molar-refractivity contribution >= 4 is 11.8 Å². The van der Waals surface area contributed by atoms with Gasteiger partial charge in [0.05, 0.1) is 7.11 Å². The van der Waals surface area contributed by atoms with Crippen molar-refractivity contribution in [2.24, 2.45) is 0 Å². The third-order valence-corrected chi connectivity index (χ3v) is 4.85. The number of carbonyl (C=O) groups excluding carboxylic acids is 2. The van der Waals surface area contributed by atoms with Gasteiger partial charge in [0.1, 0.15) is 17.8 Å². The number of hydrogen-bond donors (Lipinski definition) is 2. The van der Waals surface area contributed by atoms with Crippen LogP contribution in [-0.4, -0.2) is 48.5 Å². The predicted molar refractivity (Wildman–Crippen MR) is 90.6 cm³/mol. The van der Waals surface area contributed by atoms with Crippen LogP contribution in [0.2, 0.25) is 0 Å². The number of nitrogens with one attached hydrogen (secondary N) is 2. The van der Waals surface area contributed by atoms with E-state index in [0.29, 0.717) is 25.9 Å². The van der Waals surface area contributed by atoms with Crippen molar-refractivity contribution in [1.29, 1.82) is 0 Å². The lowest BCUT2D eigenvalue weighted by Gasteiger charge is -2.34. The van der Waals surface area contributed by atoms with Crippen LogP contribution in [0.3, 0.4) is 0 Å². The van der Waals surface area contributed by atoms with Crippen LogP contribution in [-0.2, 0) is 16.1 Å². The molecule has 0 radical (unpaired) electrons. The lowest BCUT2D eigenvalue weighted by Crippen LogP contribution is -2.61. The Labute approximate surface area is 142 Å². The first-order valence-corrected chi connectivity index (χ1v) is 8.60. The fraction of sp³-hybridized carbons (Fsp3) is 0.556. The van der Waals surface area contributed by atoms with Gasteiger partial charge in [0.15, 0.2) is 0 Å². The highest BCUT2D eigenvalue weighted by Gasteiger charge is 2.45. The zero-order valence-electron chi connectivity index (χ0n) is 14.2. The molecule has 2 amide bonds. The van der Waals surface area contributed by atoms with E-state index < -0.39 is 0 Å². The first kappa shape index (κ1) is 16.8. The number of carbonyl (C=O) groups is 2. The number of piperazine rings is 1. The maximum atomic E-state index is 12.5. The number of methoxy groups -OCH3 is 1. The Morgan fingerprint density at radius 3 is 2.88 bits per heavy atom. The van der Waals surface area contributed by atoms with Crippen LogP contribution in [0.4, 0.5) is 0 Å². The molecule has 2 heterocycles. The average Bonchev–Trinajstić information content (AvgIpc) is 3.03. The summed E-state index contributed by atoms with van der Waals surface area (Å²) in [7, 11) is 1.66. The van der Waals surface area contributed by atoms with Gasteiger partial charge in [-0.3, -0.25) is 9.59 Å². The maximum absolute atomic E-state index is 12.5. The Morgan fingerprint density at radius 2 is 2.12 bits per heavy atom. The van der Waals surface area contributed by atoms with Crippen molar-refractivity contribution in [2.75, 3.05) is 13.7 Å². The molecule has 6 nitrogen and oxygen atoms in total. The van der Waals surface area contributed by atoms with Crippen molar-refractivity contribution in [2.45, 2.75) is 50.9 Å².